The van der Waals surface area contributed by atoms with E-state index in [1.807, 2.05) is 0 Å². The summed E-state index contributed by atoms with van der Waals surface area (Å²) in [5.41, 5.74) is 0. The molecule has 0 atom stereocenters. The third kappa shape index (κ3) is 8.61. The van der Waals surface area contributed by atoms with Gasteiger partial charge in [0.1, 0.15) is 0 Å². The number of carbonyl (C=O) groups excluding carboxylic acids is 4. The molecular formula is C10H8F6MnO4. The summed E-state index contributed by atoms with van der Waals surface area (Å²) in [6, 6.07) is 0. The van der Waals surface area contributed by atoms with Crippen molar-refractivity contribution in [1.29, 1.82) is 0 Å². The van der Waals surface area contributed by atoms with Crippen LogP contribution in [0.15, 0.2) is 0 Å². The molecule has 0 radical (unpaired) electrons. The molecule has 0 N–H and O–H groups in total. The van der Waals surface area contributed by atoms with Crippen LogP contribution in [-0.2, 0) is 34.1 Å². The standard InChI is InChI=1S/2C5H4F3O2.Mn/c2*1-3(9)2-4(10)5(6,7)8;/h2*1-2H2;. The Morgan fingerprint density at radius 1 is 0.667 bits per heavy atom. The quantitative estimate of drug-likeness (QED) is 0.377. The molecule has 0 fully saturated rings. The van der Waals surface area contributed by atoms with E-state index in [1.54, 1.807) is 0 Å². The van der Waals surface area contributed by atoms with Gasteiger partial charge in [-0.3, -0.25) is 0 Å². The van der Waals surface area contributed by atoms with Crippen LogP contribution in [0, 0.1) is 0 Å². The molecule has 0 rings (SSSR count). The summed E-state index contributed by atoms with van der Waals surface area (Å²) in [5.74, 6) is -6.58. The number of hydrogen-bond acceptors (Lipinski definition) is 4. The summed E-state index contributed by atoms with van der Waals surface area (Å²) in [7, 11) is 0. The van der Waals surface area contributed by atoms with Gasteiger partial charge in [-0.2, -0.15) is 0 Å². The summed E-state index contributed by atoms with van der Waals surface area (Å²) >= 11 is -0.611. The number of halogens is 6. The van der Waals surface area contributed by atoms with Crippen LogP contribution in [-0.4, -0.2) is 35.5 Å². The fourth-order valence-corrected chi connectivity index (χ4v) is 2.01. The third-order valence-electron chi connectivity index (χ3n) is 1.83. The molecular weight excluding hydrogens is 353 g/mol. The molecule has 0 bridgehead atoms. The first-order valence-corrected chi connectivity index (χ1v) is 6.78. The molecule has 21 heavy (non-hydrogen) atoms. The van der Waals surface area contributed by atoms with Crippen LogP contribution in [0.4, 0.5) is 26.3 Å². The maximum atomic E-state index is 11.8. The van der Waals surface area contributed by atoms with Gasteiger partial charge in [0.15, 0.2) is 0 Å². The summed E-state index contributed by atoms with van der Waals surface area (Å²) < 4.78 is 70.9. The number of rotatable bonds is 8. The van der Waals surface area contributed by atoms with E-state index < -0.39 is 73.9 Å². The van der Waals surface area contributed by atoms with Gasteiger partial charge in [-0.25, -0.2) is 0 Å². The van der Waals surface area contributed by atoms with E-state index >= 15 is 0 Å². The van der Waals surface area contributed by atoms with Gasteiger partial charge in [0, 0.05) is 0 Å². The van der Waals surface area contributed by atoms with Gasteiger partial charge in [0.2, 0.25) is 0 Å². The van der Waals surface area contributed by atoms with Crippen LogP contribution in [0.1, 0.15) is 12.8 Å². The number of ketones is 4. The van der Waals surface area contributed by atoms with Gasteiger partial charge < -0.3 is 0 Å². The Morgan fingerprint density at radius 2 is 0.952 bits per heavy atom. The van der Waals surface area contributed by atoms with Crippen LogP contribution in [0.25, 0.3) is 0 Å². The van der Waals surface area contributed by atoms with Crippen molar-refractivity contribution in [3.05, 3.63) is 0 Å². The normalized spacial score (nSPS) is 12.1. The fourth-order valence-electron chi connectivity index (χ4n) is 0.911. The van der Waals surface area contributed by atoms with E-state index in [4.69, 9.17) is 0 Å². The summed E-state index contributed by atoms with van der Waals surface area (Å²) in [5, 5.41) is -1.06. The Bertz CT molecular complexity index is 400. The van der Waals surface area contributed by atoms with Crippen molar-refractivity contribution in [2.45, 2.75) is 35.8 Å². The van der Waals surface area contributed by atoms with Crippen LogP contribution < -0.4 is 0 Å². The van der Waals surface area contributed by atoms with Gasteiger partial charge in [-0.05, 0) is 0 Å². The van der Waals surface area contributed by atoms with E-state index in [-0.39, 0.29) is 0 Å². The molecule has 4 nitrogen and oxygen atoms in total. The maximum absolute atomic E-state index is 11.8. The molecule has 0 spiro atoms. The van der Waals surface area contributed by atoms with Crippen molar-refractivity contribution in [3.63, 3.8) is 0 Å². The second-order valence-corrected chi connectivity index (χ2v) is 5.15. The van der Waals surface area contributed by atoms with Crippen LogP contribution >= 0.6 is 0 Å². The average molecular weight is 361 g/mol. The first-order chi connectivity index (χ1) is 9.34. The van der Waals surface area contributed by atoms with E-state index in [9.17, 15) is 45.5 Å². The Morgan fingerprint density at radius 3 is 1.19 bits per heavy atom. The van der Waals surface area contributed by atoms with Crippen molar-refractivity contribution in [3.8, 4) is 0 Å². The first-order valence-electron chi connectivity index (χ1n) is 5.11. The van der Waals surface area contributed by atoms with Crippen LogP contribution in [0.5, 0.6) is 0 Å². The minimum absolute atomic E-state index is 0.530. The Kier molecular flexibility index (Phi) is 7.25. The zero-order valence-corrected chi connectivity index (χ0v) is 11.3. The monoisotopic (exact) mass is 361 g/mol. The molecule has 0 heterocycles. The Balaban J connectivity index is 4.05. The van der Waals surface area contributed by atoms with E-state index in [0.29, 0.717) is 0 Å². The molecule has 11 heteroatoms. The topological polar surface area (TPSA) is 68.3 Å². The molecule has 0 saturated carbocycles. The molecule has 0 aromatic rings. The zero-order chi connectivity index (χ0) is 16.8. The summed E-state index contributed by atoms with van der Waals surface area (Å²) in [6.45, 7) is 0. The number of hydrogen-bond donors (Lipinski definition) is 0. The average Bonchev–Trinajstić information content (AvgIpc) is 2.25. The predicted molar refractivity (Wildman–Crippen MR) is 51.0 cm³/mol. The van der Waals surface area contributed by atoms with Crippen molar-refractivity contribution >= 4 is 23.1 Å². The van der Waals surface area contributed by atoms with E-state index in [0.717, 1.165) is 0 Å². The van der Waals surface area contributed by atoms with E-state index in [1.165, 1.54) is 0 Å². The predicted octanol–water partition coefficient (Wildman–Crippen LogP) is 2.09. The molecule has 0 amide bonds. The van der Waals surface area contributed by atoms with Crippen molar-refractivity contribution in [2.75, 3.05) is 0 Å². The Hall–Kier alpha value is -1.22. The van der Waals surface area contributed by atoms with E-state index in [2.05, 4.69) is 0 Å². The molecule has 0 aliphatic heterocycles. The third-order valence-corrected chi connectivity index (χ3v) is 3.36. The molecule has 0 saturated heterocycles. The zero-order valence-electron chi connectivity index (χ0n) is 10.1. The molecule has 0 aromatic heterocycles. The Labute approximate surface area is 120 Å². The fraction of sp³-hybridized carbons (Fsp3) is 0.600. The van der Waals surface area contributed by atoms with Gasteiger partial charge in [-0.15, -0.1) is 0 Å². The van der Waals surface area contributed by atoms with Gasteiger partial charge in [0.05, 0.1) is 0 Å². The first kappa shape index (κ1) is 19.8. The number of alkyl halides is 6. The summed E-state index contributed by atoms with van der Waals surface area (Å²) in [6.07, 6.45) is -13.0. The number of carbonyl (C=O) groups is 4. The van der Waals surface area contributed by atoms with Crippen LogP contribution in [0.2, 0.25) is 10.6 Å². The van der Waals surface area contributed by atoms with Crippen LogP contribution in [0.3, 0.4) is 0 Å². The molecule has 0 aliphatic rings. The SMILES string of the molecule is O=C([CH2][Mn][CH2]C(=O)CC(=O)C(F)(F)F)CC(=O)C(F)(F)F. The summed E-state index contributed by atoms with van der Waals surface area (Å²) in [4.78, 5) is 42.9. The van der Waals surface area contributed by atoms with Gasteiger partial charge in [-0.1, -0.05) is 0 Å². The molecule has 0 unspecified atom stereocenters. The van der Waals surface area contributed by atoms with Crippen molar-refractivity contribution in [2.24, 2.45) is 0 Å². The molecule has 0 aromatic carbocycles. The van der Waals surface area contributed by atoms with Crippen molar-refractivity contribution in [1.82, 2.24) is 0 Å². The number of Topliss-reactive ketones (excluding diaryl/α,β-unsaturated/α-hetero) is 4. The second-order valence-electron chi connectivity index (χ2n) is 3.73. The minimum atomic E-state index is -5.13. The van der Waals surface area contributed by atoms with Gasteiger partial charge >= 0.3 is 119 Å². The second kappa shape index (κ2) is 7.69. The van der Waals surface area contributed by atoms with Gasteiger partial charge in [0.25, 0.3) is 0 Å². The van der Waals surface area contributed by atoms with Crippen molar-refractivity contribution < 1.29 is 60.5 Å². The molecule has 121 valence electrons. The molecule has 0 aliphatic carbocycles.